The van der Waals surface area contributed by atoms with Gasteiger partial charge in [-0.1, -0.05) is 0 Å². The summed E-state index contributed by atoms with van der Waals surface area (Å²) in [4.78, 5) is 23.6. The van der Waals surface area contributed by atoms with E-state index in [9.17, 15) is 9.59 Å². The highest BCUT2D eigenvalue weighted by Gasteiger charge is 2.71. The summed E-state index contributed by atoms with van der Waals surface area (Å²) >= 11 is 5.52. The Morgan fingerprint density at radius 2 is 2.32 bits per heavy atom. The maximum atomic E-state index is 11.9. The van der Waals surface area contributed by atoms with Crippen LogP contribution in [-0.2, 0) is 23.7 Å². The minimum Gasteiger partial charge on any atom is -0.466 e. The number of esters is 1. The Hall–Kier alpha value is -1.47. The van der Waals surface area contributed by atoms with Crippen molar-refractivity contribution in [1.29, 1.82) is 0 Å². The van der Waals surface area contributed by atoms with Crippen LogP contribution in [0.2, 0.25) is 0 Å². The third kappa shape index (κ3) is 2.42. The Bertz CT molecular complexity index is 523. The monoisotopic (exact) mass is 331 g/mol. The number of fused-ring (bicyclic) bond motifs is 3. The fourth-order valence-corrected chi connectivity index (χ4v) is 3.53. The number of alkyl halides is 1. The highest BCUT2D eigenvalue weighted by atomic mass is 35.5. The van der Waals surface area contributed by atoms with Crippen molar-refractivity contribution in [2.24, 2.45) is 11.8 Å². The van der Waals surface area contributed by atoms with E-state index in [2.05, 4.69) is 5.32 Å². The fourth-order valence-electron chi connectivity index (χ4n) is 3.43. The number of rotatable bonds is 4. The van der Waals surface area contributed by atoms with E-state index in [4.69, 9.17) is 30.5 Å². The van der Waals surface area contributed by atoms with Gasteiger partial charge in [-0.3, -0.25) is 0 Å². The number of carbonyl (C=O) groups excluding carboxylic acids is 2. The average Bonchev–Trinajstić information content (AvgIpc) is 3.06. The lowest BCUT2D eigenvalue weighted by Gasteiger charge is -2.35. The summed E-state index contributed by atoms with van der Waals surface area (Å²) in [6, 6.07) is 0. The van der Waals surface area contributed by atoms with Gasteiger partial charge >= 0.3 is 12.1 Å². The zero-order valence-electron chi connectivity index (χ0n) is 12.3. The Morgan fingerprint density at radius 3 is 3.00 bits per heavy atom. The molecule has 0 radical (unpaired) electrons. The molecule has 7 nitrogen and oxygen atoms in total. The molecule has 122 valence electrons. The molecular weight excluding hydrogens is 314 g/mol. The molecule has 0 aromatic rings. The molecule has 3 rings (SSSR count). The van der Waals surface area contributed by atoms with Crippen LogP contribution >= 0.6 is 11.6 Å². The maximum Gasteiger partial charge on any atom is 0.410 e. The van der Waals surface area contributed by atoms with Gasteiger partial charge in [-0.15, -0.1) is 11.6 Å². The number of carbonyl (C=O) groups is 2. The van der Waals surface area contributed by atoms with Crippen LogP contribution in [-0.4, -0.2) is 49.6 Å². The lowest BCUT2D eigenvalue weighted by atomic mass is 9.82. The lowest BCUT2D eigenvalue weighted by Crippen LogP contribution is -2.45. The maximum absolute atomic E-state index is 11.9. The first kappa shape index (κ1) is 15.4. The predicted molar refractivity (Wildman–Crippen MR) is 75.1 cm³/mol. The Morgan fingerprint density at radius 1 is 1.55 bits per heavy atom. The summed E-state index contributed by atoms with van der Waals surface area (Å²) in [5.41, 5.74) is 0.0286. The van der Waals surface area contributed by atoms with E-state index in [0.717, 1.165) is 0 Å². The molecule has 0 aromatic carbocycles. The zero-order chi connectivity index (χ0) is 15.9. The minimum atomic E-state index is -0.800. The smallest absolute Gasteiger partial charge is 0.410 e. The largest absolute Gasteiger partial charge is 0.466 e. The van der Waals surface area contributed by atoms with E-state index in [1.165, 1.54) is 13.4 Å². The van der Waals surface area contributed by atoms with E-state index in [0.29, 0.717) is 24.4 Å². The third-order valence-corrected chi connectivity index (χ3v) is 4.76. The molecule has 1 N–H and O–H groups in total. The van der Waals surface area contributed by atoms with Crippen LogP contribution < -0.4 is 5.32 Å². The molecule has 3 aliphatic rings. The number of methoxy groups -OCH3 is 1. The first-order chi connectivity index (χ1) is 10.5. The van der Waals surface area contributed by atoms with Crippen molar-refractivity contribution in [1.82, 2.24) is 5.32 Å². The number of amides is 1. The van der Waals surface area contributed by atoms with Crippen molar-refractivity contribution in [2.75, 3.05) is 19.5 Å². The van der Waals surface area contributed by atoms with E-state index < -0.39 is 24.0 Å². The molecule has 8 heteroatoms. The van der Waals surface area contributed by atoms with Gasteiger partial charge in [-0.05, 0) is 13.3 Å². The topological polar surface area (TPSA) is 86.4 Å². The van der Waals surface area contributed by atoms with Crippen molar-refractivity contribution in [3.05, 3.63) is 11.8 Å². The molecule has 1 amide bonds. The zero-order valence-corrected chi connectivity index (χ0v) is 13.1. The van der Waals surface area contributed by atoms with E-state index in [-0.39, 0.29) is 17.9 Å². The summed E-state index contributed by atoms with van der Waals surface area (Å²) in [7, 11) is 1.33. The van der Waals surface area contributed by atoms with Gasteiger partial charge in [-0.2, -0.15) is 0 Å². The van der Waals surface area contributed by atoms with Crippen LogP contribution in [0.3, 0.4) is 0 Å². The van der Waals surface area contributed by atoms with Gasteiger partial charge in [0.2, 0.25) is 0 Å². The summed E-state index contributed by atoms with van der Waals surface area (Å²) in [5.74, 6) is -0.471. The van der Waals surface area contributed by atoms with Crippen LogP contribution in [0.5, 0.6) is 0 Å². The quantitative estimate of drug-likeness (QED) is 0.472. The summed E-state index contributed by atoms with van der Waals surface area (Å²) in [5, 5.41) is 2.52. The van der Waals surface area contributed by atoms with Gasteiger partial charge in [0.05, 0.1) is 31.0 Å². The number of hydrogen-bond acceptors (Lipinski definition) is 6. The number of alkyl carbamates (subject to hydrolysis) is 1. The molecule has 1 saturated carbocycles. The molecule has 22 heavy (non-hydrogen) atoms. The molecule has 0 spiro atoms. The Labute approximate surface area is 132 Å². The Balaban J connectivity index is 1.76. The molecule has 4 unspecified atom stereocenters. The number of epoxide rings is 1. The number of nitrogens with one attached hydrogen (secondary N) is 1. The van der Waals surface area contributed by atoms with Gasteiger partial charge in [0.25, 0.3) is 6.29 Å². The van der Waals surface area contributed by atoms with Crippen molar-refractivity contribution in [2.45, 2.75) is 31.3 Å². The highest BCUT2D eigenvalue weighted by molar-refractivity contribution is 6.18. The SMILES string of the molecule is COC(=O)C1=COC(OC(=O)NCCCl)C2C1CC1O[C@@]12C. The van der Waals surface area contributed by atoms with Crippen LogP contribution in [0.4, 0.5) is 4.79 Å². The van der Waals surface area contributed by atoms with E-state index in [1.54, 1.807) is 0 Å². The molecule has 1 aliphatic carbocycles. The van der Waals surface area contributed by atoms with Crippen LogP contribution in [0.1, 0.15) is 13.3 Å². The molecule has 2 heterocycles. The van der Waals surface area contributed by atoms with Gasteiger partial charge < -0.3 is 24.3 Å². The number of hydrogen-bond donors (Lipinski definition) is 1. The van der Waals surface area contributed by atoms with Crippen molar-refractivity contribution in [3.8, 4) is 0 Å². The van der Waals surface area contributed by atoms with Gasteiger partial charge in [0.15, 0.2) is 0 Å². The van der Waals surface area contributed by atoms with Gasteiger partial charge in [-0.25, -0.2) is 9.59 Å². The average molecular weight is 332 g/mol. The van der Waals surface area contributed by atoms with Crippen molar-refractivity contribution < 1.29 is 28.5 Å². The molecule has 5 atom stereocenters. The summed E-state index contributed by atoms with van der Waals surface area (Å²) < 4.78 is 21.3. The molecule has 2 fully saturated rings. The number of ether oxygens (including phenoxy) is 4. The minimum absolute atomic E-state index is 0.0502. The molecule has 2 aliphatic heterocycles. The van der Waals surface area contributed by atoms with Crippen molar-refractivity contribution >= 4 is 23.7 Å². The van der Waals surface area contributed by atoms with Crippen molar-refractivity contribution in [3.63, 3.8) is 0 Å². The molecular formula is C14H18ClNO6. The van der Waals surface area contributed by atoms with Crippen LogP contribution in [0, 0.1) is 11.8 Å². The van der Waals surface area contributed by atoms with Crippen LogP contribution in [0.25, 0.3) is 0 Å². The predicted octanol–water partition coefficient (Wildman–Crippen LogP) is 1.16. The molecule has 1 saturated heterocycles. The highest BCUT2D eigenvalue weighted by Crippen LogP contribution is 2.60. The first-order valence-electron chi connectivity index (χ1n) is 7.13. The van der Waals surface area contributed by atoms with Crippen LogP contribution in [0.15, 0.2) is 11.8 Å². The summed E-state index contributed by atoms with van der Waals surface area (Å²) in [6.45, 7) is 2.25. The normalized spacial score (nSPS) is 38.0. The number of halogens is 1. The lowest BCUT2D eigenvalue weighted by molar-refractivity contribution is -0.150. The summed E-state index contributed by atoms with van der Waals surface area (Å²) in [6.07, 6.45) is 0.669. The fraction of sp³-hybridized carbons (Fsp3) is 0.714. The molecule has 0 aromatic heterocycles. The molecule has 0 bridgehead atoms. The Kier molecular flexibility index (Phi) is 3.94. The third-order valence-electron chi connectivity index (χ3n) is 4.57. The second-order valence-electron chi connectivity index (χ2n) is 5.75. The van der Waals surface area contributed by atoms with E-state index in [1.807, 2.05) is 6.92 Å². The second-order valence-corrected chi connectivity index (χ2v) is 6.13. The standard InChI is InChI=1S/C14H18ClNO6/c1-14-9(22-14)5-7-8(11(17)19-2)6-20-12(10(7)14)21-13(18)16-4-3-15/h6-7,9-10,12H,3-5H2,1-2H3,(H,16,18)/t7?,9?,10?,12?,14-/m0/s1. The van der Waals surface area contributed by atoms with E-state index >= 15 is 0 Å². The first-order valence-corrected chi connectivity index (χ1v) is 7.66. The second kappa shape index (κ2) is 5.62. The van der Waals surface area contributed by atoms with Gasteiger partial charge in [0, 0.05) is 18.3 Å². The van der Waals surface area contributed by atoms with Gasteiger partial charge in [0.1, 0.15) is 5.60 Å².